The van der Waals surface area contributed by atoms with Gasteiger partial charge >= 0.3 is 0 Å². The van der Waals surface area contributed by atoms with Crippen LogP contribution in [0.4, 0.5) is 0 Å². The molecule has 0 bridgehead atoms. The van der Waals surface area contributed by atoms with Gasteiger partial charge in [-0.2, -0.15) is 10.5 Å². The van der Waals surface area contributed by atoms with Crippen LogP contribution in [0.5, 0.6) is 0 Å². The van der Waals surface area contributed by atoms with Crippen molar-refractivity contribution in [3.63, 3.8) is 0 Å². The molecule has 0 spiro atoms. The quantitative estimate of drug-likeness (QED) is 0.581. The third-order valence-electron chi connectivity index (χ3n) is 1.48. The maximum absolute atomic E-state index is 7.26. The first-order valence-electron chi connectivity index (χ1n) is 3.52. The molecule has 0 aliphatic rings. The number of rotatable bonds is 0. The minimum atomic E-state index is 1.24. The van der Waals surface area contributed by atoms with E-state index in [1.54, 1.807) is 0 Å². The Morgan fingerprint density at radius 3 is 1.42 bits per heavy atom. The van der Waals surface area contributed by atoms with E-state index in [1.165, 1.54) is 23.3 Å². The first kappa shape index (κ1) is 10.2. The molecule has 2 heteroatoms. The molecule has 2 nitrogen and oxygen atoms in total. The van der Waals surface area contributed by atoms with E-state index in [2.05, 4.69) is 38.1 Å². The van der Waals surface area contributed by atoms with Crippen LogP contribution in [0.3, 0.4) is 0 Å². The molecule has 0 unspecified atom stereocenters. The van der Waals surface area contributed by atoms with Crippen LogP contribution in [0.25, 0.3) is 0 Å². The predicted molar refractivity (Wildman–Crippen MR) is 47.1 cm³/mol. The third-order valence-corrected chi connectivity index (χ3v) is 1.48. The molecule has 0 fully saturated rings. The zero-order valence-electron chi connectivity index (χ0n) is 7.20. The van der Waals surface area contributed by atoms with Crippen LogP contribution >= 0.6 is 0 Å². The second kappa shape index (κ2) is 5.95. The van der Waals surface area contributed by atoms with Crippen LogP contribution in [0.15, 0.2) is 24.3 Å². The van der Waals surface area contributed by atoms with Gasteiger partial charge in [-0.25, -0.2) is 0 Å². The van der Waals surface area contributed by atoms with Gasteiger partial charge in [-0.3, -0.25) is 0 Å². The number of hydrogen-bond acceptors (Lipinski definition) is 2. The normalized spacial score (nSPS) is 7.00. The van der Waals surface area contributed by atoms with Crippen molar-refractivity contribution in [1.29, 1.82) is 10.5 Å². The van der Waals surface area contributed by atoms with Crippen molar-refractivity contribution in [3.8, 4) is 12.1 Å². The smallest absolute Gasteiger partial charge is 0.181 e. The van der Waals surface area contributed by atoms with E-state index in [9.17, 15) is 0 Å². The lowest BCUT2D eigenvalue weighted by molar-refractivity contribution is 1.34. The van der Waals surface area contributed by atoms with Crippen LogP contribution in [-0.4, -0.2) is 0 Å². The lowest BCUT2D eigenvalue weighted by Gasteiger charge is -1.93. The minimum absolute atomic E-state index is 1.24. The summed E-state index contributed by atoms with van der Waals surface area (Å²) in [5.41, 5.74) is 2.74. The summed E-state index contributed by atoms with van der Waals surface area (Å²) in [6, 6.07) is 10.8. The van der Waals surface area contributed by atoms with E-state index < -0.39 is 0 Å². The fraction of sp³-hybridized carbons (Fsp3) is 0.200. The van der Waals surface area contributed by atoms with Crippen molar-refractivity contribution in [3.05, 3.63) is 35.4 Å². The lowest BCUT2D eigenvalue weighted by atomic mass is 10.1. The topological polar surface area (TPSA) is 47.6 Å². The molecule has 0 saturated heterocycles. The van der Waals surface area contributed by atoms with Crippen LogP contribution < -0.4 is 0 Å². The predicted octanol–water partition coefficient (Wildman–Crippen LogP) is 2.34. The molecule has 0 N–H and O–H groups in total. The van der Waals surface area contributed by atoms with E-state index in [0.29, 0.717) is 0 Å². The molecule has 12 heavy (non-hydrogen) atoms. The third kappa shape index (κ3) is 4.09. The van der Waals surface area contributed by atoms with Crippen molar-refractivity contribution in [1.82, 2.24) is 0 Å². The molecule has 0 saturated carbocycles. The molecule has 1 aromatic carbocycles. The molecular formula is C10H10N2. The number of benzene rings is 1. The largest absolute Gasteiger partial charge is 0.181 e. The first-order valence-corrected chi connectivity index (χ1v) is 3.52. The molecule has 1 rings (SSSR count). The fourth-order valence-electron chi connectivity index (χ4n) is 0.663. The molecule has 0 radical (unpaired) electrons. The van der Waals surface area contributed by atoms with Gasteiger partial charge in [0, 0.05) is 0 Å². The summed E-state index contributed by atoms with van der Waals surface area (Å²) in [4.78, 5) is 0. The number of nitriles is 2. The molecular weight excluding hydrogens is 148 g/mol. The van der Waals surface area contributed by atoms with Gasteiger partial charge in [-0.05, 0) is 25.0 Å². The van der Waals surface area contributed by atoms with Crippen LogP contribution in [-0.2, 0) is 0 Å². The van der Waals surface area contributed by atoms with Gasteiger partial charge in [0.2, 0.25) is 0 Å². The van der Waals surface area contributed by atoms with E-state index in [-0.39, 0.29) is 0 Å². The summed E-state index contributed by atoms with van der Waals surface area (Å²) in [6.45, 7) is 4.24. The summed E-state index contributed by atoms with van der Waals surface area (Å²) in [5, 5.41) is 14.5. The zero-order valence-corrected chi connectivity index (χ0v) is 7.20. The molecule has 0 atom stereocenters. The fourth-order valence-corrected chi connectivity index (χ4v) is 0.663. The SMILES string of the molecule is Cc1ccccc1C.N#CC#N. The summed E-state index contributed by atoms with van der Waals surface area (Å²) in [6.07, 6.45) is 0. The van der Waals surface area contributed by atoms with Gasteiger partial charge in [-0.15, -0.1) is 0 Å². The summed E-state index contributed by atoms with van der Waals surface area (Å²) >= 11 is 0. The molecule has 0 aromatic heterocycles. The highest BCUT2D eigenvalue weighted by Gasteiger charge is 1.83. The Balaban J connectivity index is 0.000000261. The van der Waals surface area contributed by atoms with E-state index in [4.69, 9.17) is 10.5 Å². The molecule has 0 aliphatic carbocycles. The Labute approximate surface area is 72.7 Å². The number of aryl methyl sites for hydroxylation is 2. The van der Waals surface area contributed by atoms with Crippen LogP contribution in [0, 0.1) is 36.5 Å². The van der Waals surface area contributed by atoms with E-state index in [0.717, 1.165) is 0 Å². The molecule has 60 valence electrons. The molecule has 0 heterocycles. The summed E-state index contributed by atoms with van der Waals surface area (Å²) in [5.74, 6) is 0. The Hall–Kier alpha value is -1.80. The molecule has 0 aliphatic heterocycles. The average Bonchev–Trinajstić information content (AvgIpc) is 2.11. The number of nitrogens with zero attached hydrogens (tertiary/aromatic N) is 2. The van der Waals surface area contributed by atoms with Crippen molar-refractivity contribution in [2.45, 2.75) is 13.8 Å². The highest BCUT2D eigenvalue weighted by molar-refractivity contribution is 5.23. The average molecular weight is 158 g/mol. The standard InChI is InChI=1S/C8H10.C2N2/c1-7-5-3-4-6-8(7)2;3-1-2-4/h3-6H,1-2H3;. The van der Waals surface area contributed by atoms with Gasteiger partial charge in [0.1, 0.15) is 0 Å². The summed E-state index contributed by atoms with van der Waals surface area (Å²) in [7, 11) is 0. The monoisotopic (exact) mass is 158 g/mol. The zero-order chi connectivity index (χ0) is 9.40. The highest BCUT2D eigenvalue weighted by Crippen LogP contribution is 2.02. The van der Waals surface area contributed by atoms with Gasteiger partial charge in [-0.1, -0.05) is 24.3 Å². The van der Waals surface area contributed by atoms with Crippen LogP contribution in [0.2, 0.25) is 0 Å². The molecule has 0 amide bonds. The number of hydrogen-bond donors (Lipinski definition) is 0. The Kier molecular flexibility index (Phi) is 5.05. The van der Waals surface area contributed by atoms with E-state index in [1.807, 2.05) is 0 Å². The maximum Gasteiger partial charge on any atom is 0.181 e. The minimum Gasteiger partial charge on any atom is -0.181 e. The Morgan fingerprint density at radius 2 is 1.25 bits per heavy atom. The van der Waals surface area contributed by atoms with E-state index >= 15 is 0 Å². The lowest BCUT2D eigenvalue weighted by Crippen LogP contribution is -1.74. The highest BCUT2D eigenvalue weighted by atomic mass is 14.3. The van der Waals surface area contributed by atoms with Crippen molar-refractivity contribution in [2.75, 3.05) is 0 Å². The van der Waals surface area contributed by atoms with Gasteiger partial charge < -0.3 is 0 Å². The van der Waals surface area contributed by atoms with Gasteiger partial charge in [0.25, 0.3) is 0 Å². The van der Waals surface area contributed by atoms with Crippen LogP contribution in [0.1, 0.15) is 11.1 Å². The second-order valence-electron chi connectivity index (χ2n) is 2.31. The van der Waals surface area contributed by atoms with Crippen molar-refractivity contribution < 1.29 is 0 Å². The van der Waals surface area contributed by atoms with Gasteiger partial charge in [0.05, 0.1) is 0 Å². The van der Waals surface area contributed by atoms with Crippen molar-refractivity contribution >= 4 is 0 Å². The summed E-state index contributed by atoms with van der Waals surface area (Å²) < 4.78 is 0. The Morgan fingerprint density at radius 1 is 0.917 bits per heavy atom. The molecule has 1 aromatic rings. The first-order chi connectivity index (χ1) is 5.72. The van der Waals surface area contributed by atoms with Crippen molar-refractivity contribution in [2.24, 2.45) is 0 Å². The Bertz CT molecular complexity index is 282. The van der Waals surface area contributed by atoms with Gasteiger partial charge in [0.15, 0.2) is 12.1 Å². The maximum atomic E-state index is 7.26. The second-order valence-corrected chi connectivity index (χ2v) is 2.31.